The second-order valence-electron chi connectivity index (χ2n) is 7.19. The molecule has 2 rings (SSSR count). The van der Waals surface area contributed by atoms with Crippen molar-refractivity contribution in [3.63, 3.8) is 0 Å². The summed E-state index contributed by atoms with van der Waals surface area (Å²) in [6, 6.07) is 6.10. The Labute approximate surface area is 128 Å². The number of nitrogens with zero attached hydrogens (tertiary/aromatic N) is 1. The van der Waals surface area contributed by atoms with Crippen LogP contribution in [0.5, 0.6) is 0 Å². The predicted molar refractivity (Wildman–Crippen MR) is 85.1 cm³/mol. The fourth-order valence-corrected chi connectivity index (χ4v) is 3.00. The van der Waals surface area contributed by atoms with Gasteiger partial charge in [-0.15, -0.1) is 0 Å². The standard InChI is InChI=1S/C18H27NO2/c1-13-9-14(2)11-15(10-13)16(20)12-19-8-7-18(3,4)6-5-17(19)21/h9-11,16,20H,5-8,12H2,1-4H3. The second kappa shape index (κ2) is 6.18. The van der Waals surface area contributed by atoms with Crippen LogP contribution in [0.2, 0.25) is 0 Å². The molecule has 3 nitrogen and oxygen atoms in total. The van der Waals surface area contributed by atoms with Crippen molar-refractivity contribution in [1.82, 2.24) is 4.90 Å². The van der Waals surface area contributed by atoms with E-state index in [0.29, 0.717) is 13.0 Å². The third-order valence-corrected chi connectivity index (χ3v) is 4.45. The van der Waals surface area contributed by atoms with E-state index in [1.807, 2.05) is 30.9 Å². The molecule has 0 spiro atoms. The van der Waals surface area contributed by atoms with Crippen LogP contribution in [0.15, 0.2) is 18.2 Å². The van der Waals surface area contributed by atoms with Gasteiger partial charge in [0.15, 0.2) is 0 Å². The van der Waals surface area contributed by atoms with Crippen LogP contribution in [0, 0.1) is 19.3 Å². The second-order valence-corrected chi connectivity index (χ2v) is 7.19. The number of aryl methyl sites for hydroxylation is 2. The van der Waals surface area contributed by atoms with E-state index in [1.165, 1.54) is 0 Å². The lowest BCUT2D eigenvalue weighted by molar-refractivity contribution is -0.132. The van der Waals surface area contributed by atoms with Gasteiger partial charge in [-0.25, -0.2) is 0 Å². The molecule has 1 unspecified atom stereocenters. The van der Waals surface area contributed by atoms with Crippen molar-refractivity contribution in [2.45, 2.75) is 53.1 Å². The minimum absolute atomic E-state index is 0.170. The third kappa shape index (κ3) is 4.31. The van der Waals surface area contributed by atoms with Gasteiger partial charge in [-0.05, 0) is 37.7 Å². The number of carbonyl (C=O) groups excluding carboxylic acids is 1. The van der Waals surface area contributed by atoms with Gasteiger partial charge in [0.05, 0.1) is 12.6 Å². The normalized spacial score (nSPS) is 20.2. The number of benzene rings is 1. The van der Waals surface area contributed by atoms with E-state index in [4.69, 9.17) is 0 Å². The lowest BCUT2D eigenvalue weighted by Gasteiger charge is -2.25. The molecule has 1 amide bonds. The molecule has 21 heavy (non-hydrogen) atoms. The first-order valence-electron chi connectivity index (χ1n) is 7.81. The van der Waals surface area contributed by atoms with Crippen molar-refractivity contribution in [3.05, 3.63) is 34.9 Å². The molecule has 0 radical (unpaired) electrons. The summed E-state index contributed by atoms with van der Waals surface area (Å²) in [4.78, 5) is 14.0. The first-order valence-corrected chi connectivity index (χ1v) is 7.81. The molecule has 116 valence electrons. The largest absolute Gasteiger partial charge is 0.387 e. The van der Waals surface area contributed by atoms with Crippen LogP contribution in [0.3, 0.4) is 0 Å². The molecule has 3 heteroatoms. The molecule has 1 heterocycles. The number of rotatable bonds is 3. The summed E-state index contributed by atoms with van der Waals surface area (Å²) in [5.74, 6) is 0.170. The summed E-state index contributed by atoms with van der Waals surface area (Å²) in [6.45, 7) is 9.63. The Balaban J connectivity index is 2.07. The van der Waals surface area contributed by atoms with Crippen molar-refractivity contribution in [2.75, 3.05) is 13.1 Å². The average molecular weight is 289 g/mol. The highest BCUT2D eigenvalue weighted by molar-refractivity contribution is 5.76. The van der Waals surface area contributed by atoms with E-state index in [2.05, 4.69) is 19.9 Å². The monoisotopic (exact) mass is 289 g/mol. The first kappa shape index (κ1) is 16.0. The molecule has 1 aromatic carbocycles. The minimum Gasteiger partial charge on any atom is -0.387 e. The van der Waals surface area contributed by atoms with Gasteiger partial charge in [0, 0.05) is 13.0 Å². The molecule has 1 atom stereocenters. The average Bonchev–Trinajstić information content (AvgIpc) is 2.50. The first-order chi connectivity index (χ1) is 9.77. The van der Waals surface area contributed by atoms with Crippen LogP contribution in [-0.4, -0.2) is 29.0 Å². The van der Waals surface area contributed by atoms with Gasteiger partial charge in [-0.3, -0.25) is 4.79 Å². The molecule has 1 aliphatic heterocycles. The molecular weight excluding hydrogens is 262 g/mol. The van der Waals surface area contributed by atoms with E-state index in [-0.39, 0.29) is 11.3 Å². The molecule has 1 fully saturated rings. The van der Waals surface area contributed by atoms with Crippen molar-refractivity contribution < 1.29 is 9.90 Å². The van der Waals surface area contributed by atoms with E-state index in [9.17, 15) is 9.90 Å². The van der Waals surface area contributed by atoms with Crippen LogP contribution in [0.25, 0.3) is 0 Å². The van der Waals surface area contributed by atoms with Crippen LogP contribution in [0.1, 0.15) is 55.9 Å². The molecule has 0 saturated carbocycles. The Hall–Kier alpha value is -1.35. The van der Waals surface area contributed by atoms with Gasteiger partial charge in [0.2, 0.25) is 5.91 Å². The van der Waals surface area contributed by atoms with Crippen molar-refractivity contribution in [2.24, 2.45) is 5.41 Å². The lowest BCUT2D eigenvalue weighted by Crippen LogP contribution is -2.34. The summed E-state index contributed by atoms with van der Waals surface area (Å²) in [7, 11) is 0. The van der Waals surface area contributed by atoms with Crippen LogP contribution in [-0.2, 0) is 4.79 Å². The van der Waals surface area contributed by atoms with Crippen molar-refractivity contribution in [3.8, 4) is 0 Å². The molecule has 0 aliphatic carbocycles. The van der Waals surface area contributed by atoms with Crippen LogP contribution < -0.4 is 0 Å². The Bertz CT molecular complexity index is 502. The van der Waals surface area contributed by atoms with E-state index in [1.54, 1.807) is 0 Å². The number of hydrogen-bond donors (Lipinski definition) is 1. The molecule has 1 saturated heterocycles. The number of hydrogen-bond acceptors (Lipinski definition) is 2. The van der Waals surface area contributed by atoms with E-state index in [0.717, 1.165) is 36.1 Å². The van der Waals surface area contributed by atoms with Crippen LogP contribution >= 0.6 is 0 Å². The minimum atomic E-state index is -0.603. The molecular formula is C18H27NO2. The van der Waals surface area contributed by atoms with E-state index >= 15 is 0 Å². The zero-order chi connectivity index (χ0) is 15.6. The van der Waals surface area contributed by atoms with Gasteiger partial charge < -0.3 is 10.0 Å². The van der Waals surface area contributed by atoms with Crippen LogP contribution in [0.4, 0.5) is 0 Å². The third-order valence-electron chi connectivity index (χ3n) is 4.45. The zero-order valence-corrected chi connectivity index (χ0v) is 13.6. The number of β-amino-alcohol motifs (C(OH)–C–C–N with tert-alkyl or cyclic N) is 1. The number of likely N-dealkylation sites (tertiary alicyclic amines) is 1. The Kier molecular flexibility index (Phi) is 4.72. The summed E-state index contributed by atoms with van der Waals surface area (Å²) < 4.78 is 0. The highest BCUT2D eigenvalue weighted by Gasteiger charge is 2.28. The van der Waals surface area contributed by atoms with Crippen molar-refractivity contribution in [1.29, 1.82) is 0 Å². The van der Waals surface area contributed by atoms with Gasteiger partial charge in [0.1, 0.15) is 0 Å². The van der Waals surface area contributed by atoms with Gasteiger partial charge >= 0.3 is 0 Å². The Morgan fingerprint density at radius 2 is 1.81 bits per heavy atom. The van der Waals surface area contributed by atoms with Gasteiger partial charge in [-0.1, -0.05) is 43.2 Å². The Morgan fingerprint density at radius 1 is 1.19 bits per heavy atom. The fraction of sp³-hybridized carbons (Fsp3) is 0.611. The zero-order valence-electron chi connectivity index (χ0n) is 13.6. The molecule has 0 aromatic heterocycles. The summed E-state index contributed by atoms with van der Waals surface area (Å²) in [6.07, 6.45) is 1.92. The summed E-state index contributed by atoms with van der Waals surface area (Å²) in [5, 5.41) is 10.5. The Morgan fingerprint density at radius 3 is 2.43 bits per heavy atom. The molecule has 0 bridgehead atoms. The SMILES string of the molecule is Cc1cc(C)cc(C(O)CN2CCC(C)(C)CCC2=O)c1. The summed E-state index contributed by atoms with van der Waals surface area (Å²) in [5.41, 5.74) is 3.42. The smallest absolute Gasteiger partial charge is 0.222 e. The number of amides is 1. The van der Waals surface area contributed by atoms with Gasteiger partial charge in [0.25, 0.3) is 0 Å². The quantitative estimate of drug-likeness (QED) is 0.926. The van der Waals surface area contributed by atoms with E-state index < -0.39 is 6.10 Å². The maximum atomic E-state index is 12.2. The number of aliphatic hydroxyl groups is 1. The fourth-order valence-electron chi connectivity index (χ4n) is 3.00. The molecule has 1 N–H and O–H groups in total. The predicted octanol–water partition coefficient (Wildman–Crippen LogP) is 3.38. The molecule has 1 aliphatic rings. The molecule has 1 aromatic rings. The highest BCUT2D eigenvalue weighted by Crippen LogP contribution is 2.31. The van der Waals surface area contributed by atoms with Gasteiger partial charge in [-0.2, -0.15) is 0 Å². The number of carbonyl (C=O) groups is 1. The topological polar surface area (TPSA) is 40.5 Å². The maximum Gasteiger partial charge on any atom is 0.222 e. The summed E-state index contributed by atoms with van der Waals surface area (Å²) >= 11 is 0. The number of aliphatic hydroxyl groups excluding tert-OH is 1. The highest BCUT2D eigenvalue weighted by atomic mass is 16.3. The lowest BCUT2D eigenvalue weighted by atomic mass is 9.85. The maximum absolute atomic E-state index is 12.2. The van der Waals surface area contributed by atoms with Crippen molar-refractivity contribution >= 4 is 5.91 Å².